The van der Waals surface area contributed by atoms with Crippen LogP contribution in [-0.2, 0) is 4.79 Å². The van der Waals surface area contributed by atoms with E-state index in [0.717, 1.165) is 5.69 Å². The second-order valence-electron chi connectivity index (χ2n) is 6.00. The highest BCUT2D eigenvalue weighted by atomic mass is 16.2. The van der Waals surface area contributed by atoms with Crippen molar-refractivity contribution in [1.29, 1.82) is 0 Å². The van der Waals surface area contributed by atoms with E-state index in [-0.39, 0.29) is 17.7 Å². The van der Waals surface area contributed by atoms with E-state index in [1.54, 1.807) is 37.3 Å². The van der Waals surface area contributed by atoms with Crippen LogP contribution in [0.25, 0.3) is 0 Å². The van der Waals surface area contributed by atoms with Crippen LogP contribution in [0.15, 0.2) is 48.7 Å². The molecule has 132 valence electrons. The van der Waals surface area contributed by atoms with Crippen LogP contribution in [0.2, 0.25) is 0 Å². The first-order valence-corrected chi connectivity index (χ1v) is 8.16. The summed E-state index contributed by atoms with van der Waals surface area (Å²) in [7, 11) is 5.22. The zero-order chi connectivity index (χ0) is 18.4. The maximum absolute atomic E-state index is 12.7. The van der Waals surface area contributed by atoms with Gasteiger partial charge >= 0.3 is 0 Å². The molecule has 0 saturated heterocycles. The fraction of sp³-hybridized carbons (Fsp3) is 0.316. The molecule has 1 heterocycles. The Balaban J connectivity index is 2.15. The number of anilines is 2. The van der Waals surface area contributed by atoms with Gasteiger partial charge in [0.05, 0.1) is 5.92 Å². The van der Waals surface area contributed by atoms with Crippen LogP contribution >= 0.6 is 0 Å². The van der Waals surface area contributed by atoms with Crippen LogP contribution in [0, 0.1) is 5.92 Å². The molecule has 6 nitrogen and oxygen atoms in total. The zero-order valence-electron chi connectivity index (χ0n) is 15.1. The van der Waals surface area contributed by atoms with Gasteiger partial charge in [-0.3, -0.25) is 9.59 Å². The first-order chi connectivity index (χ1) is 11.9. The van der Waals surface area contributed by atoms with Gasteiger partial charge in [-0.05, 0) is 24.3 Å². The number of para-hydroxylation sites is 1. The summed E-state index contributed by atoms with van der Waals surface area (Å²) in [6, 6.07) is 12.9. The summed E-state index contributed by atoms with van der Waals surface area (Å²) in [4.78, 5) is 32.2. The molecule has 1 N–H and O–H groups in total. The summed E-state index contributed by atoms with van der Waals surface area (Å²) >= 11 is 0. The Morgan fingerprint density at radius 3 is 2.48 bits per heavy atom. The summed E-state index contributed by atoms with van der Waals surface area (Å²) in [6.07, 6.45) is 1.61. The summed E-state index contributed by atoms with van der Waals surface area (Å²) < 4.78 is 0. The molecule has 0 fully saturated rings. The molecule has 1 aromatic carbocycles. The van der Waals surface area contributed by atoms with Crippen molar-refractivity contribution in [2.75, 3.05) is 37.5 Å². The Morgan fingerprint density at radius 2 is 1.84 bits per heavy atom. The molecule has 2 rings (SSSR count). The predicted molar refractivity (Wildman–Crippen MR) is 99.9 cm³/mol. The van der Waals surface area contributed by atoms with E-state index in [1.165, 1.54) is 0 Å². The van der Waals surface area contributed by atoms with Gasteiger partial charge in [-0.15, -0.1) is 0 Å². The summed E-state index contributed by atoms with van der Waals surface area (Å²) in [5, 5.41) is 2.64. The molecule has 25 heavy (non-hydrogen) atoms. The van der Waals surface area contributed by atoms with Gasteiger partial charge in [0.15, 0.2) is 0 Å². The van der Waals surface area contributed by atoms with Gasteiger partial charge in [-0.1, -0.05) is 25.1 Å². The number of hydrogen-bond donors (Lipinski definition) is 1. The van der Waals surface area contributed by atoms with Gasteiger partial charge in [0.25, 0.3) is 5.91 Å². The first kappa shape index (κ1) is 18.4. The molecule has 6 heteroatoms. The number of nitrogens with one attached hydrogen (secondary N) is 1. The minimum Gasteiger partial charge on any atom is -0.359 e. The molecule has 0 bridgehead atoms. The highest BCUT2D eigenvalue weighted by Gasteiger charge is 2.17. The topological polar surface area (TPSA) is 65.5 Å². The first-order valence-electron chi connectivity index (χ1n) is 8.16. The summed E-state index contributed by atoms with van der Waals surface area (Å²) in [5.41, 5.74) is 1.38. The van der Waals surface area contributed by atoms with Crippen molar-refractivity contribution in [3.8, 4) is 0 Å². The maximum Gasteiger partial charge on any atom is 0.258 e. The molecule has 1 atom stereocenters. The third kappa shape index (κ3) is 4.56. The van der Waals surface area contributed by atoms with E-state index in [0.29, 0.717) is 17.9 Å². The van der Waals surface area contributed by atoms with E-state index in [2.05, 4.69) is 10.3 Å². The van der Waals surface area contributed by atoms with Crippen molar-refractivity contribution >= 4 is 23.3 Å². The van der Waals surface area contributed by atoms with Crippen LogP contribution in [0.3, 0.4) is 0 Å². The van der Waals surface area contributed by atoms with Crippen LogP contribution in [-0.4, -0.2) is 44.5 Å². The van der Waals surface area contributed by atoms with Crippen LogP contribution < -0.4 is 15.1 Å². The molecular formula is C19H24N4O2. The Hall–Kier alpha value is -2.89. The largest absolute Gasteiger partial charge is 0.359 e. The SMILES string of the molecule is CNC(=O)[C@@H](C)CN(C)c1cc(C(=O)N(C)c2ccccc2)ccn1. The van der Waals surface area contributed by atoms with Gasteiger partial charge < -0.3 is 15.1 Å². The minimum atomic E-state index is -0.178. The van der Waals surface area contributed by atoms with Gasteiger partial charge in [0.2, 0.25) is 5.91 Å². The standard InChI is InChI=1S/C19H24N4O2/c1-14(18(24)20-2)13-22(3)17-12-15(10-11-21-17)19(25)23(4)16-8-6-5-7-9-16/h5-12,14H,13H2,1-4H3,(H,20,24)/t14-/m0/s1. The smallest absolute Gasteiger partial charge is 0.258 e. The third-order valence-electron chi connectivity index (χ3n) is 4.07. The second-order valence-corrected chi connectivity index (χ2v) is 6.00. The molecule has 0 aliphatic heterocycles. The van der Waals surface area contributed by atoms with Crippen LogP contribution in [0.1, 0.15) is 17.3 Å². The third-order valence-corrected chi connectivity index (χ3v) is 4.07. The molecular weight excluding hydrogens is 316 g/mol. The Morgan fingerprint density at radius 1 is 1.16 bits per heavy atom. The lowest BCUT2D eigenvalue weighted by atomic mass is 10.1. The van der Waals surface area contributed by atoms with E-state index in [1.807, 2.05) is 49.2 Å². The number of carbonyl (C=O) groups is 2. The second kappa shape index (κ2) is 8.28. The number of nitrogens with zero attached hydrogens (tertiary/aromatic N) is 3. The number of hydrogen-bond acceptors (Lipinski definition) is 4. The van der Waals surface area contributed by atoms with Crippen molar-refractivity contribution in [1.82, 2.24) is 10.3 Å². The number of amides is 2. The summed E-state index contributed by atoms with van der Waals surface area (Å²) in [6.45, 7) is 2.37. The number of pyridine rings is 1. The lowest BCUT2D eigenvalue weighted by Crippen LogP contribution is -2.34. The monoisotopic (exact) mass is 340 g/mol. The molecule has 1 aromatic heterocycles. The Bertz CT molecular complexity index is 733. The summed E-state index contributed by atoms with van der Waals surface area (Å²) in [5.74, 6) is 0.344. The highest BCUT2D eigenvalue weighted by molar-refractivity contribution is 6.06. The minimum absolute atomic E-state index is 0.0251. The Labute approximate surface area is 148 Å². The molecule has 0 unspecified atom stereocenters. The quantitative estimate of drug-likeness (QED) is 0.875. The van der Waals surface area contributed by atoms with Gasteiger partial charge in [0.1, 0.15) is 5.82 Å². The molecule has 0 radical (unpaired) electrons. The van der Waals surface area contributed by atoms with Gasteiger partial charge in [0, 0.05) is 45.1 Å². The van der Waals surface area contributed by atoms with Crippen molar-refractivity contribution in [2.24, 2.45) is 5.92 Å². The number of carbonyl (C=O) groups excluding carboxylic acids is 2. The number of aromatic nitrogens is 1. The number of rotatable bonds is 6. The predicted octanol–water partition coefficient (Wildman–Crippen LogP) is 2.18. The van der Waals surface area contributed by atoms with Crippen molar-refractivity contribution in [2.45, 2.75) is 6.92 Å². The normalized spacial score (nSPS) is 11.5. The molecule has 0 saturated carbocycles. The van der Waals surface area contributed by atoms with Crippen molar-refractivity contribution in [3.63, 3.8) is 0 Å². The van der Waals surface area contributed by atoms with Crippen LogP contribution in [0.5, 0.6) is 0 Å². The van der Waals surface area contributed by atoms with Gasteiger partial charge in [-0.25, -0.2) is 4.98 Å². The highest BCUT2D eigenvalue weighted by Crippen LogP contribution is 2.18. The number of benzene rings is 1. The van der Waals surface area contributed by atoms with E-state index in [4.69, 9.17) is 0 Å². The van der Waals surface area contributed by atoms with E-state index >= 15 is 0 Å². The van der Waals surface area contributed by atoms with E-state index in [9.17, 15) is 9.59 Å². The average molecular weight is 340 g/mol. The van der Waals surface area contributed by atoms with Crippen molar-refractivity contribution in [3.05, 3.63) is 54.2 Å². The maximum atomic E-state index is 12.7. The van der Waals surface area contributed by atoms with E-state index < -0.39 is 0 Å². The fourth-order valence-corrected chi connectivity index (χ4v) is 2.56. The molecule has 2 amide bonds. The lowest BCUT2D eigenvalue weighted by molar-refractivity contribution is -0.123. The molecule has 0 spiro atoms. The van der Waals surface area contributed by atoms with Gasteiger partial charge in [-0.2, -0.15) is 0 Å². The fourth-order valence-electron chi connectivity index (χ4n) is 2.56. The van der Waals surface area contributed by atoms with Crippen LogP contribution in [0.4, 0.5) is 11.5 Å². The average Bonchev–Trinajstić information content (AvgIpc) is 2.66. The zero-order valence-corrected chi connectivity index (χ0v) is 15.1. The lowest BCUT2D eigenvalue weighted by Gasteiger charge is -2.23. The Kier molecular flexibility index (Phi) is 6.11. The molecule has 0 aliphatic carbocycles. The van der Waals surface area contributed by atoms with Crippen molar-refractivity contribution < 1.29 is 9.59 Å². The molecule has 0 aliphatic rings. The molecule has 2 aromatic rings.